The summed E-state index contributed by atoms with van der Waals surface area (Å²) in [6.45, 7) is 5.63. The van der Waals surface area contributed by atoms with Gasteiger partial charge in [0.05, 0.1) is 6.54 Å². The molecule has 5 heteroatoms. The number of aromatic nitrogens is 1. The SMILES string of the molecule is Cc1csc(CN2CCNCC2c2cccc(F)c2)n1. The summed E-state index contributed by atoms with van der Waals surface area (Å²) < 4.78 is 13.4. The Balaban J connectivity index is 1.80. The number of benzene rings is 1. The van der Waals surface area contributed by atoms with Gasteiger partial charge in [0.25, 0.3) is 0 Å². The Bertz CT molecular complexity index is 584. The van der Waals surface area contributed by atoms with E-state index in [1.807, 2.05) is 13.0 Å². The Morgan fingerprint density at radius 3 is 3.15 bits per heavy atom. The third-order valence-corrected chi connectivity index (χ3v) is 4.54. The minimum atomic E-state index is -0.168. The van der Waals surface area contributed by atoms with Gasteiger partial charge in [-0.2, -0.15) is 0 Å². The molecule has 1 atom stereocenters. The molecule has 3 nitrogen and oxygen atoms in total. The van der Waals surface area contributed by atoms with Gasteiger partial charge in [-0.1, -0.05) is 12.1 Å². The predicted octanol–water partition coefficient (Wildman–Crippen LogP) is 2.74. The molecule has 1 aliphatic heterocycles. The fourth-order valence-electron chi connectivity index (χ4n) is 2.63. The highest BCUT2D eigenvalue weighted by Gasteiger charge is 2.24. The van der Waals surface area contributed by atoms with Gasteiger partial charge < -0.3 is 5.32 Å². The second-order valence-corrected chi connectivity index (χ2v) is 6.07. The van der Waals surface area contributed by atoms with Crippen LogP contribution in [0.3, 0.4) is 0 Å². The summed E-state index contributed by atoms with van der Waals surface area (Å²) in [6.07, 6.45) is 0. The first-order chi connectivity index (χ1) is 9.72. The van der Waals surface area contributed by atoms with E-state index in [1.165, 1.54) is 6.07 Å². The van der Waals surface area contributed by atoms with Crippen LogP contribution < -0.4 is 5.32 Å². The van der Waals surface area contributed by atoms with E-state index < -0.39 is 0 Å². The normalized spacial score (nSPS) is 20.2. The number of hydrogen-bond acceptors (Lipinski definition) is 4. The van der Waals surface area contributed by atoms with Gasteiger partial charge in [0, 0.05) is 36.8 Å². The highest BCUT2D eigenvalue weighted by Crippen LogP contribution is 2.25. The van der Waals surface area contributed by atoms with Crippen molar-refractivity contribution in [1.82, 2.24) is 15.2 Å². The summed E-state index contributed by atoms with van der Waals surface area (Å²) in [5.74, 6) is -0.168. The van der Waals surface area contributed by atoms with Crippen molar-refractivity contribution < 1.29 is 4.39 Å². The summed E-state index contributed by atoms with van der Waals surface area (Å²) in [7, 11) is 0. The number of rotatable bonds is 3. The largest absolute Gasteiger partial charge is 0.314 e. The van der Waals surface area contributed by atoms with Crippen LogP contribution in [-0.2, 0) is 6.54 Å². The smallest absolute Gasteiger partial charge is 0.123 e. The van der Waals surface area contributed by atoms with Crippen molar-refractivity contribution >= 4 is 11.3 Å². The highest BCUT2D eigenvalue weighted by molar-refractivity contribution is 7.09. The molecule has 0 aliphatic carbocycles. The van der Waals surface area contributed by atoms with Gasteiger partial charge in [-0.15, -0.1) is 11.3 Å². The van der Waals surface area contributed by atoms with Gasteiger partial charge >= 0.3 is 0 Å². The molecule has 2 aromatic rings. The summed E-state index contributed by atoms with van der Waals surface area (Å²) in [5, 5.41) is 6.60. The molecule has 0 radical (unpaired) electrons. The van der Waals surface area contributed by atoms with Crippen LogP contribution in [0.25, 0.3) is 0 Å². The van der Waals surface area contributed by atoms with E-state index in [0.717, 1.165) is 42.4 Å². The molecule has 0 saturated carbocycles. The zero-order valence-electron chi connectivity index (χ0n) is 11.5. The highest BCUT2D eigenvalue weighted by atomic mass is 32.1. The first kappa shape index (κ1) is 13.7. The van der Waals surface area contributed by atoms with E-state index in [-0.39, 0.29) is 11.9 Å². The molecular weight excluding hydrogens is 273 g/mol. The third-order valence-electron chi connectivity index (χ3n) is 3.59. The van der Waals surface area contributed by atoms with Crippen LogP contribution in [0, 0.1) is 12.7 Å². The maximum absolute atomic E-state index is 13.4. The number of piperazine rings is 1. The molecule has 0 spiro atoms. The van der Waals surface area contributed by atoms with Crippen LogP contribution >= 0.6 is 11.3 Å². The lowest BCUT2D eigenvalue weighted by Crippen LogP contribution is -2.45. The fraction of sp³-hybridized carbons (Fsp3) is 0.400. The second-order valence-electron chi connectivity index (χ2n) is 5.13. The summed E-state index contributed by atoms with van der Waals surface area (Å²) in [5.41, 5.74) is 2.10. The van der Waals surface area contributed by atoms with E-state index in [2.05, 4.69) is 20.6 Å². The molecular formula is C15H18FN3S. The van der Waals surface area contributed by atoms with Crippen LogP contribution in [0.2, 0.25) is 0 Å². The predicted molar refractivity (Wildman–Crippen MR) is 79.3 cm³/mol. The lowest BCUT2D eigenvalue weighted by molar-refractivity contribution is 0.153. The Morgan fingerprint density at radius 1 is 1.50 bits per heavy atom. The van der Waals surface area contributed by atoms with E-state index in [1.54, 1.807) is 23.5 Å². The number of thiazole rings is 1. The van der Waals surface area contributed by atoms with Crippen LogP contribution in [-0.4, -0.2) is 29.5 Å². The third kappa shape index (κ3) is 3.06. The second kappa shape index (κ2) is 5.99. The maximum atomic E-state index is 13.4. The molecule has 1 unspecified atom stereocenters. The average Bonchev–Trinajstić information content (AvgIpc) is 2.85. The zero-order chi connectivity index (χ0) is 13.9. The Kier molecular flexibility index (Phi) is 4.10. The van der Waals surface area contributed by atoms with Crippen molar-refractivity contribution in [1.29, 1.82) is 0 Å². The summed E-state index contributed by atoms with van der Waals surface area (Å²) in [4.78, 5) is 6.91. The van der Waals surface area contributed by atoms with Gasteiger partial charge in [0.2, 0.25) is 0 Å². The van der Waals surface area contributed by atoms with Crippen LogP contribution in [0.4, 0.5) is 4.39 Å². The van der Waals surface area contributed by atoms with Crippen LogP contribution in [0.5, 0.6) is 0 Å². The van der Waals surface area contributed by atoms with Crippen molar-refractivity contribution in [2.75, 3.05) is 19.6 Å². The molecule has 1 aromatic heterocycles. The molecule has 0 amide bonds. The fourth-order valence-corrected chi connectivity index (χ4v) is 3.42. The van der Waals surface area contributed by atoms with E-state index in [4.69, 9.17) is 0 Å². The number of aryl methyl sites for hydroxylation is 1. The van der Waals surface area contributed by atoms with Crippen molar-refractivity contribution in [3.8, 4) is 0 Å². The van der Waals surface area contributed by atoms with Crippen molar-refractivity contribution in [2.45, 2.75) is 19.5 Å². The van der Waals surface area contributed by atoms with E-state index >= 15 is 0 Å². The molecule has 20 heavy (non-hydrogen) atoms. The molecule has 1 N–H and O–H groups in total. The minimum absolute atomic E-state index is 0.168. The molecule has 1 saturated heterocycles. The van der Waals surface area contributed by atoms with Gasteiger partial charge in [-0.3, -0.25) is 4.90 Å². The van der Waals surface area contributed by atoms with Gasteiger partial charge in [0.1, 0.15) is 10.8 Å². The lowest BCUT2D eigenvalue weighted by atomic mass is 10.0. The van der Waals surface area contributed by atoms with Gasteiger partial charge in [-0.05, 0) is 24.6 Å². The van der Waals surface area contributed by atoms with Crippen molar-refractivity contribution in [3.63, 3.8) is 0 Å². The number of nitrogens with one attached hydrogen (secondary N) is 1. The van der Waals surface area contributed by atoms with Crippen LogP contribution in [0.15, 0.2) is 29.6 Å². The first-order valence-electron chi connectivity index (χ1n) is 6.83. The monoisotopic (exact) mass is 291 g/mol. The molecule has 1 aliphatic rings. The van der Waals surface area contributed by atoms with Crippen LogP contribution in [0.1, 0.15) is 22.3 Å². The lowest BCUT2D eigenvalue weighted by Gasteiger charge is -2.36. The first-order valence-corrected chi connectivity index (χ1v) is 7.71. The van der Waals surface area contributed by atoms with Gasteiger partial charge in [0.15, 0.2) is 0 Å². The number of halogens is 1. The molecule has 3 rings (SSSR count). The van der Waals surface area contributed by atoms with E-state index in [0.29, 0.717) is 0 Å². The molecule has 106 valence electrons. The van der Waals surface area contributed by atoms with Crippen molar-refractivity contribution in [3.05, 3.63) is 51.7 Å². The topological polar surface area (TPSA) is 28.2 Å². The van der Waals surface area contributed by atoms with E-state index in [9.17, 15) is 4.39 Å². The maximum Gasteiger partial charge on any atom is 0.123 e. The standard InChI is InChI=1S/C15H18FN3S/c1-11-10-20-15(18-11)9-19-6-5-17-8-14(19)12-3-2-4-13(16)7-12/h2-4,7,10,14,17H,5-6,8-9H2,1H3. The summed E-state index contributed by atoms with van der Waals surface area (Å²) >= 11 is 1.70. The zero-order valence-corrected chi connectivity index (χ0v) is 12.3. The summed E-state index contributed by atoms with van der Waals surface area (Å²) in [6, 6.07) is 7.13. The number of hydrogen-bond donors (Lipinski definition) is 1. The van der Waals surface area contributed by atoms with Crippen molar-refractivity contribution in [2.24, 2.45) is 0 Å². The Morgan fingerprint density at radius 2 is 2.40 bits per heavy atom. The Hall–Kier alpha value is -1.30. The molecule has 0 bridgehead atoms. The number of nitrogens with zero attached hydrogens (tertiary/aromatic N) is 2. The van der Waals surface area contributed by atoms with Gasteiger partial charge in [-0.25, -0.2) is 9.37 Å². The molecule has 2 heterocycles. The average molecular weight is 291 g/mol. The quantitative estimate of drug-likeness (QED) is 0.942. The Labute approximate surface area is 122 Å². The minimum Gasteiger partial charge on any atom is -0.314 e. The molecule has 1 aromatic carbocycles. The molecule has 1 fully saturated rings.